The first kappa shape index (κ1) is 21.4. The Morgan fingerprint density at radius 2 is 1.90 bits per heavy atom. The van der Waals surface area contributed by atoms with E-state index in [1.807, 2.05) is 38.1 Å². The molecule has 2 N–H and O–H groups in total. The van der Waals surface area contributed by atoms with E-state index in [-0.39, 0.29) is 24.6 Å². The monoisotopic (exact) mass is 421 g/mol. The van der Waals surface area contributed by atoms with Crippen molar-refractivity contribution in [1.29, 1.82) is 0 Å². The third-order valence-corrected chi connectivity index (χ3v) is 5.71. The van der Waals surface area contributed by atoms with Crippen LogP contribution in [0, 0.1) is 6.92 Å². The zero-order valence-corrected chi connectivity index (χ0v) is 17.0. The van der Waals surface area contributed by atoms with Gasteiger partial charge in [0.15, 0.2) is 5.17 Å². The molecule has 1 aliphatic heterocycles. The number of amides is 1. The number of carbonyl (C=O) groups is 1. The first-order chi connectivity index (χ1) is 13.8. The summed E-state index contributed by atoms with van der Waals surface area (Å²) < 4.78 is 40.0. The second-order valence-corrected chi connectivity index (χ2v) is 7.97. The normalized spacial score (nSPS) is 18.3. The fraction of sp³-hybridized carbons (Fsp3) is 0.333. The van der Waals surface area contributed by atoms with Crippen LogP contribution >= 0.6 is 11.8 Å². The van der Waals surface area contributed by atoms with Gasteiger partial charge in [0, 0.05) is 13.1 Å². The first-order valence-electron chi connectivity index (χ1n) is 9.29. The Bertz CT molecular complexity index is 910. The summed E-state index contributed by atoms with van der Waals surface area (Å²) in [7, 11) is 0. The lowest BCUT2D eigenvalue weighted by atomic mass is 9.98. The number of nitrogens with zero attached hydrogens (tertiary/aromatic N) is 1. The van der Waals surface area contributed by atoms with E-state index in [0.717, 1.165) is 17.3 Å². The van der Waals surface area contributed by atoms with Gasteiger partial charge in [0.05, 0.1) is 11.3 Å². The molecule has 2 aromatic rings. The quantitative estimate of drug-likeness (QED) is 0.718. The Morgan fingerprint density at radius 1 is 1.17 bits per heavy atom. The maximum absolute atomic E-state index is 13.3. The van der Waals surface area contributed by atoms with E-state index in [0.29, 0.717) is 17.2 Å². The number of aliphatic imine (C=N–C) groups is 1. The van der Waals surface area contributed by atoms with Crippen molar-refractivity contribution in [2.24, 2.45) is 4.99 Å². The fourth-order valence-electron chi connectivity index (χ4n) is 3.10. The predicted molar refractivity (Wildman–Crippen MR) is 110 cm³/mol. The number of amidine groups is 1. The van der Waals surface area contributed by atoms with Crippen LogP contribution in [0.3, 0.4) is 0 Å². The number of halogens is 3. The van der Waals surface area contributed by atoms with Crippen molar-refractivity contribution in [3.8, 4) is 0 Å². The summed E-state index contributed by atoms with van der Waals surface area (Å²) in [4.78, 5) is 16.6. The number of hydrogen-bond donors (Lipinski definition) is 2. The van der Waals surface area contributed by atoms with E-state index in [1.165, 1.54) is 17.8 Å². The number of rotatable bonds is 6. The van der Waals surface area contributed by atoms with Crippen LogP contribution in [-0.2, 0) is 23.9 Å². The molecule has 0 spiro atoms. The van der Waals surface area contributed by atoms with Gasteiger partial charge < -0.3 is 10.6 Å². The highest BCUT2D eigenvalue weighted by molar-refractivity contribution is 8.15. The zero-order chi connectivity index (χ0) is 21.0. The van der Waals surface area contributed by atoms with Crippen molar-refractivity contribution >= 4 is 28.5 Å². The van der Waals surface area contributed by atoms with Gasteiger partial charge in [-0.25, -0.2) is 4.99 Å². The number of hydrogen-bond acceptors (Lipinski definition) is 4. The van der Waals surface area contributed by atoms with Crippen LogP contribution < -0.4 is 10.6 Å². The first-order valence-corrected chi connectivity index (χ1v) is 10.2. The van der Waals surface area contributed by atoms with Gasteiger partial charge in [-0.15, -0.1) is 0 Å². The molecule has 1 fully saturated rings. The molecule has 0 radical (unpaired) electrons. The maximum Gasteiger partial charge on any atom is 0.416 e. The summed E-state index contributed by atoms with van der Waals surface area (Å²) in [5.41, 5.74) is 2.11. The highest BCUT2D eigenvalue weighted by atomic mass is 32.2. The maximum atomic E-state index is 13.3. The SMILES string of the molecule is CCc1cccc(C(F)(F)F)c1CNCC1SC(=Nc2ccc(C)cc2)NC1=O. The van der Waals surface area contributed by atoms with Gasteiger partial charge in [-0.3, -0.25) is 4.79 Å². The van der Waals surface area contributed by atoms with Gasteiger partial charge in [-0.1, -0.05) is 48.5 Å². The van der Waals surface area contributed by atoms with Crippen LogP contribution in [0.2, 0.25) is 0 Å². The fourth-order valence-corrected chi connectivity index (χ4v) is 4.05. The van der Waals surface area contributed by atoms with Crippen molar-refractivity contribution in [3.63, 3.8) is 0 Å². The average Bonchev–Trinajstić information content (AvgIpc) is 3.02. The van der Waals surface area contributed by atoms with E-state index in [2.05, 4.69) is 15.6 Å². The Labute approximate surface area is 172 Å². The van der Waals surface area contributed by atoms with Gasteiger partial charge in [0.2, 0.25) is 5.91 Å². The second-order valence-electron chi connectivity index (χ2n) is 6.77. The molecule has 4 nitrogen and oxygen atoms in total. The van der Waals surface area contributed by atoms with E-state index in [1.54, 1.807) is 6.07 Å². The number of alkyl halides is 3. The summed E-state index contributed by atoms with van der Waals surface area (Å²) in [5, 5.41) is 5.80. The van der Waals surface area contributed by atoms with Gasteiger partial charge in [-0.2, -0.15) is 13.2 Å². The minimum Gasteiger partial charge on any atom is -0.311 e. The van der Waals surface area contributed by atoms with E-state index in [4.69, 9.17) is 0 Å². The smallest absolute Gasteiger partial charge is 0.311 e. The molecule has 1 unspecified atom stereocenters. The number of nitrogens with one attached hydrogen (secondary N) is 2. The highest BCUT2D eigenvalue weighted by Crippen LogP contribution is 2.33. The Kier molecular flexibility index (Phi) is 6.64. The summed E-state index contributed by atoms with van der Waals surface area (Å²) in [6.45, 7) is 4.10. The molecule has 3 rings (SSSR count). The molecule has 8 heteroatoms. The number of aryl methyl sites for hydroxylation is 2. The minimum absolute atomic E-state index is 0.0492. The van der Waals surface area contributed by atoms with Crippen LogP contribution in [0.5, 0.6) is 0 Å². The molecule has 2 aromatic carbocycles. The largest absolute Gasteiger partial charge is 0.416 e. The lowest BCUT2D eigenvalue weighted by Crippen LogP contribution is -2.33. The number of benzene rings is 2. The molecule has 0 aromatic heterocycles. The molecule has 154 valence electrons. The molecule has 1 heterocycles. The summed E-state index contributed by atoms with van der Waals surface area (Å²) >= 11 is 1.28. The molecular weight excluding hydrogens is 399 g/mol. The van der Waals surface area contributed by atoms with Gasteiger partial charge >= 0.3 is 6.18 Å². The van der Waals surface area contributed by atoms with E-state index in [9.17, 15) is 18.0 Å². The van der Waals surface area contributed by atoms with Crippen molar-refractivity contribution in [3.05, 3.63) is 64.7 Å². The standard InChI is InChI=1S/C21H22F3N3OS/c1-3-14-5-4-6-17(21(22,23)24)16(14)11-25-12-18-19(28)27-20(29-18)26-15-9-7-13(2)8-10-15/h4-10,18,25H,3,11-12H2,1-2H3,(H,26,27,28). The van der Waals surface area contributed by atoms with Gasteiger partial charge in [0.1, 0.15) is 5.25 Å². The van der Waals surface area contributed by atoms with Gasteiger partial charge in [-0.05, 0) is 42.7 Å². The molecule has 1 amide bonds. The lowest BCUT2D eigenvalue weighted by Gasteiger charge is -2.17. The lowest BCUT2D eigenvalue weighted by molar-refractivity contribution is -0.138. The van der Waals surface area contributed by atoms with Gasteiger partial charge in [0.25, 0.3) is 0 Å². The summed E-state index contributed by atoms with van der Waals surface area (Å²) in [6.07, 6.45) is -3.90. The third-order valence-electron chi connectivity index (χ3n) is 4.63. The summed E-state index contributed by atoms with van der Waals surface area (Å²) in [6, 6.07) is 11.8. The van der Waals surface area contributed by atoms with Crippen molar-refractivity contribution in [2.75, 3.05) is 6.54 Å². The molecule has 0 aliphatic carbocycles. The van der Waals surface area contributed by atoms with Crippen LogP contribution in [0.4, 0.5) is 18.9 Å². The molecular formula is C21H22F3N3OS. The van der Waals surface area contributed by atoms with Crippen molar-refractivity contribution < 1.29 is 18.0 Å². The molecule has 0 saturated carbocycles. The Morgan fingerprint density at radius 3 is 2.55 bits per heavy atom. The third kappa shape index (κ3) is 5.39. The number of thioether (sulfide) groups is 1. The highest BCUT2D eigenvalue weighted by Gasteiger charge is 2.34. The zero-order valence-electron chi connectivity index (χ0n) is 16.1. The van der Waals surface area contributed by atoms with E-state index >= 15 is 0 Å². The topological polar surface area (TPSA) is 53.5 Å². The second kappa shape index (κ2) is 9.00. The average molecular weight is 421 g/mol. The molecule has 0 bridgehead atoms. The Balaban J connectivity index is 1.64. The minimum atomic E-state index is -4.41. The summed E-state index contributed by atoms with van der Waals surface area (Å²) in [5.74, 6) is -0.201. The molecule has 1 saturated heterocycles. The predicted octanol–water partition coefficient (Wildman–Crippen LogP) is 4.59. The van der Waals surface area contributed by atoms with E-state index < -0.39 is 17.0 Å². The molecule has 1 atom stereocenters. The van der Waals surface area contributed by atoms with Crippen LogP contribution in [-0.4, -0.2) is 22.9 Å². The van der Waals surface area contributed by atoms with Crippen molar-refractivity contribution in [2.45, 2.75) is 38.2 Å². The van der Waals surface area contributed by atoms with Crippen LogP contribution in [0.15, 0.2) is 47.5 Å². The van der Waals surface area contributed by atoms with Crippen molar-refractivity contribution in [1.82, 2.24) is 10.6 Å². The van der Waals surface area contributed by atoms with Crippen LogP contribution in [0.25, 0.3) is 0 Å². The van der Waals surface area contributed by atoms with Crippen LogP contribution in [0.1, 0.15) is 29.2 Å². The molecule has 29 heavy (non-hydrogen) atoms. The Hall–Kier alpha value is -2.32. The number of carbonyl (C=O) groups excluding carboxylic acids is 1. The molecule has 1 aliphatic rings.